The van der Waals surface area contributed by atoms with Crippen LogP contribution in [0.3, 0.4) is 0 Å². The Labute approximate surface area is 140 Å². The van der Waals surface area contributed by atoms with Crippen molar-refractivity contribution in [3.05, 3.63) is 59.4 Å². The van der Waals surface area contributed by atoms with Crippen molar-refractivity contribution in [3.8, 4) is 11.5 Å². The lowest BCUT2D eigenvalue weighted by molar-refractivity contribution is 0.0953. The number of benzene rings is 2. The zero-order valence-corrected chi connectivity index (χ0v) is 13.8. The molecule has 0 radical (unpaired) electrons. The maximum absolute atomic E-state index is 12.8. The summed E-state index contributed by atoms with van der Waals surface area (Å²) in [4.78, 5) is 12.1. The second-order valence-electron chi connectivity index (χ2n) is 5.13. The minimum Gasteiger partial charge on any atom is -0.493 e. The molecule has 128 valence electrons. The third-order valence-corrected chi connectivity index (χ3v) is 3.48. The van der Waals surface area contributed by atoms with Gasteiger partial charge in [0.15, 0.2) is 11.5 Å². The first kappa shape index (κ1) is 17.7. The molecule has 0 unspecified atom stereocenters. The molecule has 0 aliphatic rings. The fourth-order valence-electron chi connectivity index (χ4n) is 2.18. The first-order valence-electron chi connectivity index (χ1n) is 7.59. The summed E-state index contributed by atoms with van der Waals surface area (Å²) < 4.78 is 23.1. The monoisotopic (exact) mass is 332 g/mol. The van der Waals surface area contributed by atoms with Crippen molar-refractivity contribution >= 4 is 5.91 Å². The molecule has 0 aromatic heterocycles. The third kappa shape index (κ3) is 4.96. The fraction of sp³-hybridized carbons (Fsp3) is 0.278. The van der Waals surface area contributed by atoms with E-state index in [1.54, 1.807) is 37.4 Å². The van der Waals surface area contributed by atoms with Crippen LogP contribution in [0.25, 0.3) is 0 Å². The van der Waals surface area contributed by atoms with E-state index in [0.29, 0.717) is 36.7 Å². The van der Waals surface area contributed by atoms with Gasteiger partial charge in [-0.05, 0) is 35.9 Å². The largest absolute Gasteiger partial charge is 0.493 e. The van der Waals surface area contributed by atoms with Crippen molar-refractivity contribution < 1.29 is 18.7 Å². The minimum atomic E-state index is -0.249. The maximum Gasteiger partial charge on any atom is 0.251 e. The van der Waals surface area contributed by atoms with Crippen LogP contribution in [-0.2, 0) is 6.54 Å². The number of halogens is 1. The number of methoxy groups -OCH3 is 2. The Morgan fingerprint density at radius 3 is 2.38 bits per heavy atom. The molecule has 6 heteroatoms. The van der Waals surface area contributed by atoms with Gasteiger partial charge in [0.1, 0.15) is 5.82 Å². The van der Waals surface area contributed by atoms with E-state index in [1.807, 2.05) is 0 Å². The van der Waals surface area contributed by atoms with Crippen LogP contribution in [-0.4, -0.2) is 33.2 Å². The van der Waals surface area contributed by atoms with Gasteiger partial charge < -0.3 is 20.1 Å². The van der Waals surface area contributed by atoms with E-state index in [2.05, 4.69) is 10.6 Å². The van der Waals surface area contributed by atoms with E-state index in [1.165, 1.54) is 19.2 Å². The topological polar surface area (TPSA) is 59.6 Å². The number of nitrogens with one attached hydrogen (secondary N) is 2. The quantitative estimate of drug-likeness (QED) is 0.729. The Hall–Kier alpha value is -2.60. The standard InChI is InChI=1S/C18H21FN2O3/c1-23-16-8-5-14(11-17(16)24-2)18(22)21-10-9-20-12-13-3-6-15(19)7-4-13/h3-8,11,20H,9-10,12H2,1-2H3,(H,21,22). The number of ether oxygens (including phenoxy) is 2. The first-order chi connectivity index (χ1) is 11.6. The van der Waals surface area contributed by atoms with Gasteiger partial charge in [-0.3, -0.25) is 4.79 Å². The highest BCUT2D eigenvalue weighted by Crippen LogP contribution is 2.27. The molecule has 0 atom stereocenters. The fourth-order valence-corrected chi connectivity index (χ4v) is 2.18. The van der Waals surface area contributed by atoms with Crippen LogP contribution >= 0.6 is 0 Å². The second kappa shape index (κ2) is 8.88. The van der Waals surface area contributed by atoms with Crippen LogP contribution in [0.1, 0.15) is 15.9 Å². The van der Waals surface area contributed by atoms with Gasteiger partial charge >= 0.3 is 0 Å². The minimum absolute atomic E-state index is 0.181. The zero-order chi connectivity index (χ0) is 17.4. The second-order valence-corrected chi connectivity index (χ2v) is 5.13. The number of amides is 1. The molecule has 24 heavy (non-hydrogen) atoms. The van der Waals surface area contributed by atoms with E-state index in [4.69, 9.17) is 9.47 Å². The Bertz CT molecular complexity index is 674. The van der Waals surface area contributed by atoms with Crippen molar-refractivity contribution in [3.63, 3.8) is 0 Å². The molecule has 2 aromatic carbocycles. The van der Waals surface area contributed by atoms with E-state index in [-0.39, 0.29) is 11.7 Å². The van der Waals surface area contributed by atoms with Gasteiger partial charge in [-0.25, -0.2) is 4.39 Å². The van der Waals surface area contributed by atoms with Crippen LogP contribution < -0.4 is 20.1 Å². The number of hydrogen-bond donors (Lipinski definition) is 2. The average molecular weight is 332 g/mol. The molecular formula is C18H21FN2O3. The molecule has 0 saturated heterocycles. The molecule has 2 N–H and O–H groups in total. The summed E-state index contributed by atoms with van der Waals surface area (Å²) in [5, 5.41) is 6.01. The van der Waals surface area contributed by atoms with E-state index in [0.717, 1.165) is 5.56 Å². The molecule has 2 aromatic rings. The third-order valence-electron chi connectivity index (χ3n) is 3.48. The summed E-state index contributed by atoms with van der Waals surface area (Å²) in [7, 11) is 3.07. The highest BCUT2D eigenvalue weighted by Gasteiger charge is 2.10. The van der Waals surface area contributed by atoms with Crippen molar-refractivity contribution in [1.29, 1.82) is 0 Å². The Morgan fingerprint density at radius 1 is 1.00 bits per heavy atom. The lowest BCUT2D eigenvalue weighted by Gasteiger charge is -2.10. The Kier molecular flexibility index (Phi) is 6.57. The zero-order valence-electron chi connectivity index (χ0n) is 13.8. The SMILES string of the molecule is COc1ccc(C(=O)NCCNCc2ccc(F)cc2)cc1OC. The average Bonchev–Trinajstić information content (AvgIpc) is 2.62. The van der Waals surface area contributed by atoms with Crippen LogP contribution in [0, 0.1) is 5.82 Å². The molecule has 5 nitrogen and oxygen atoms in total. The molecule has 0 fully saturated rings. The summed E-state index contributed by atoms with van der Waals surface area (Å²) in [6, 6.07) is 11.3. The number of carbonyl (C=O) groups is 1. The Morgan fingerprint density at radius 2 is 1.71 bits per heavy atom. The highest BCUT2D eigenvalue weighted by molar-refractivity contribution is 5.94. The normalized spacial score (nSPS) is 10.3. The van der Waals surface area contributed by atoms with Crippen LogP contribution in [0.4, 0.5) is 4.39 Å². The van der Waals surface area contributed by atoms with Gasteiger partial charge in [-0.2, -0.15) is 0 Å². The van der Waals surface area contributed by atoms with E-state index in [9.17, 15) is 9.18 Å². The van der Waals surface area contributed by atoms with Crippen molar-refractivity contribution in [2.75, 3.05) is 27.3 Å². The summed E-state index contributed by atoms with van der Waals surface area (Å²) in [6.45, 7) is 1.71. The van der Waals surface area contributed by atoms with Crippen molar-refractivity contribution in [2.24, 2.45) is 0 Å². The summed E-state index contributed by atoms with van der Waals surface area (Å²) in [5.74, 6) is 0.662. The van der Waals surface area contributed by atoms with Crippen LogP contribution in [0.5, 0.6) is 11.5 Å². The van der Waals surface area contributed by atoms with E-state index < -0.39 is 0 Å². The first-order valence-corrected chi connectivity index (χ1v) is 7.59. The lowest BCUT2D eigenvalue weighted by atomic mass is 10.2. The Balaban J connectivity index is 1.76. The smallest absolute Gasteiger partial charge is 0.251 e. The molecule has 1 amide bonds. The molecule has 2 rings (SSSR count). The maximum atomic E-state index is 12.8. The van der Waals surface area contributed by atoms with Gasteiger partial charge in [-0.15, -0.1) is 0 Å². The van der Waals surface area contributed by atoms with E-state index >= 15 is 0 Å². The summed E-state index contributed by atoms with van der Waals surface area (Å²) >= 11 is 0. The molecular weight excluding hydrogens is 311 g/mol. The molecule has 0 heterocycles. The predicted octanol–water partition coefficient (Wildman–Crippen LogP) is 2.36. The molecule has 0 saturated carbocycles. The summed E-state index contributed by atoms with van der Waals surface area (Å²) in [5.41, 5.74) is 1.49. The number of carbonyl (C=O) groups excluding carboxylic acids is 1. The molecule has 0 aliphatic carbocycles. The van der Waals surface area contributed by atoms with Gasteiger partial charge in [-0.1, -0.05) is 12.1 Å². The van der Waals surface area contributed by atoms with Crippen LogP contribution in [0.15, 0.2) is 42.5 Å². The number of hydrogen-bond acceptors (Lipinski definition) is 4. The molecule has 0 bridgehead atoms. The summed E-state index contributed by atoms with van der Waals surface area (Å²) in [6.07, 6.45) is 0. The van der Waals surface area contributed by atoms with Gasteiger partial charge in [0.2, 0.25) is 0 Å². The van der Waals surface area contributed by atoms with Gasteiger partial charge in [0.25, 0.3) is 5.91 Å². The van der Waals surface area contributed by atoms with Gasteiger partial charge in [0.05, 0.1) is 14.2 Å². The van der Waals surface area contributed by atoms with Crippen molar-refractivity contribution in [1.82, 2.24) is 10.6 Å². The predicted molar refractivity (Wildman–Crippen MR) is 90.0 cm³/mol. The molecule has 0 aliphatic heterocycles. The lowest BCUT2D eigenvalue weighted by Crippen LogP contribution is -2.31. The van der Waals surface area contributed by atoms with Crippen molar-refractivity contribution in [2.45, 2.75) is 6.54 Å². The van der Waals surface area contributed by atoms with Gasteiger partial charge in [0, 0.05) is 25.2 Å². The highest BCUT2D eigenvalue weighted by atomic mass is 19.1. The van der Waals surface area contributed by atoms with Crippen LogP contribution in [0.2, 0.25) is 0 Å². The number of rotatable bonds is 8. The molecule has 0 spiro atoms.